The first-order valence-electron chi connectivity index (χ1n) is 5.64. The van der Waals surface area contributed by atoms with Gasteiger partial charge < -0.3 is 10.3 Å². The SMILES string of the molecule is CCC(N)c1nc(-c2ncc(C)cc2C)no1. The van der Waals surface area contributed by atoms with Gasteiger partial charge >= 0.3 is 0 Å². The topological polar surface area (TPSA) is 77.8 Å². The van der Waals surface area contributed by atoms with E-state index in [0.717, 1.165) is 23.2 Å². The Morgan fingerprint density at radius 1 is 1.41 bits per heavy atom. The van der Waals surface area contributed by atoms with Gasteiger partial charge in [0.2, 0.25) is 11.7 Å². The average Bonchev–Trinajstić information content (AvgIpc) is 2.77. The number of aromatic nitrogens is 3. The molecule has 0 amide bonds. The fraction of sp³-hybridized carbons (Fsp3) is 0.417. The number of hydrogen-bond acceptors (Lipinski definition) is 5. The van der Waals surface area contributed by atoms with Crippen molar-refractivity contribution in [2.75, 3.05) is 0 Å². The summed E-state index contributed by atoms with van der Waals surface area (Å²) in [5.74, 6) is 0.964. The van der Waals surface area contributed by atoms with Gasteiger partial charge in [0.1, 0.15) is 5.69 Å². The second-order valence-corrected chi connectivity index (χ2v) is 4.15. The lowest BCUT2D eigenvalue weighted by Gasteiger charge is -2.01. The molecular weight excluding hydrogens is 216 g/mol. The summed E-state index contributed by atoms with van der Waals surface area (Å²) in [6.07, 6.45) is 2.56. The fourth-order valence-corrected chi connectivity index (χ4v) is 1.61. The predicted molar refractivity (Wildman–Crippen MR) is 64.2 cm³/mol. The quantitative estimate of drug-likeness (QED) is 0.877. The maximum absolute atomic E-state index is 5.83. The molecule has 2 aromatic heterocycles. The Kier molecular flexibility index (Phi) is 3.19. The Bertz CT molecular complexity index is 521. The molecule has 1 unspecified atom stereocenters. The normalized spacial score (nSPS) is 12.7. The van der Waals surface area contributed by atoms with Crippen LogP contribution in [0.5, 0.6) is 0 Å². The van der Waals surface area contributed by atoms with Gasteiger partial charge in [0, 0.05) is 6.20 Å². The van der Waals surface area contributed by atoms with Crippen LogP contribution in [0.1, 0.15) is 36.4 Å². The fourth-order valence-electron chi connectivity index (χ4n) is 1.61. The lowest BCUT2D eigenvalue weighted by Crippen LogP contribution is -2.08. The molecular formula is C12H16N4O. The Hall–Kier alpha value is -1.75. The number of nitrogens with two attached hydrogens (primary N) is 1. The van der Waals surface area contributed by atoms with Crippen molar-refractivity contribution in [3.63, 3.8) is 0 Å². The van der Waals surface area contributed by atoms with E-state index in [2.05, 4.69) is 15.1 Å². The number of nitrogens with zero attached hydrogens (tertiary/aromatic N) is 3. The molecule has 90 valence electrons. The van der Waals surface area contributed by atoms with Gasteiger partial charge in [-0.1, -0.05) is 18.1 Å². The molecule has 0 fully saturated rings. The van der Waals surface area contributed by atoms with E-state index in [1.54, 1.807) is 6.20 Å². The lowest BCUT2D eigenvalue weighted by atomic mass is 10.1. The van der Waals surface area contributed by atoms with Gasteiger partial charge in [-0.15, -0.1) is 0 Å². The Balaban J connectivity index is 2.37. The number of pyridine rings is 1. The van der Waals surface area contributed by atoms with Crippen LogP contribution in [0.3, 0.4) is 0 Å². The molecule has 0 bridgehead atoms. The molecule has 0 aromatic carbocycles. The van der Waals surface area contributed by atoms with Crippen LogP contribution in [0.4, 0.5) is 0 Å². The zero-order chi connectivity index (χ0) is 12.4. The van der Waals surface area contributed by atoms with E-state index in [4.69, 9.17) is 10.3 Å². The van der Waals surface area contributed by atoms with Crippen molar-refractivity contribution >= 4 is 0 Å². The lowest BCUT2D eigenvalue weighted by molar-refractivity contribution is 0.352. The van der Waals surface area contributed by atoms with Gasteiger partial charge in [0.15, 0.2) is 0 Å². The summed E-state index contributed by atoms with van der Waals surface area (Å²) in [6.45, 7) is 5.95. The summed E-state index contributed by atoms with van der Waals surface area (Å²) < 4.78 is 5.13. The van der Waals surface area contributed by atoms with E-state index in [-0.39, 0.29) is 6.04 Å². The molecule has 2 rings (SSSR count). The third-order valence-corrected chi connectivity index (χ3v) is 2.63. The Labute approximate surface area is 100 Å². The van der Waals surface area contributed by atoms with E-state index >= 15 is 0 Å². The van der Waals surface area contributed by atoms with E-state index in [0.29, 0.717) is 11.7 Å². The molecule has 0 aliphatic rings. The zero-order valence-corrected chi connectivity index (χ0v) is 10.3. The van der Waals surface area contributed by atoms with Crippen LogP contribution in [0.2, 0.25) is 0 Å². The minimum atomic E-state index is -0.206. The maximum Gasteiger partial charge on any atom is 0.243 e. The van der Waals surface area contributed by atoms with E-state index in [1.165, 1.54) is 0 Å². The molecule has 0 saturated carbocycles. The van der Waals surface area contributed by atoms with Crippen molar-refractivity contribution in [1.82, 2.24) is 15.1 Å². The molecule has 0 radical (unpaired) electrons. The van der Waals surface area contributed by atoms with Gasteiger partial charge in [-0.3, -0.25) is 4.98 Å². The number of hydrogen-bond donors (Lipinski definition) is 1. The van der Waals surface area contributed by atoms with Crippen LogP contribution < -0.4 is 5.73 Å². The molecule has 2 heterocycles. The van der Waals surface area contributed by atoms with Crippen molar-refractivity contribution in [1.29, 1.82) is 0 Å². The van der Waals surface area contributed by atoms with Crippen molar-refractivity contribution in [3.05, 3.63) is 29.3 Å². The van der Waals surface area contributed by atoms with Crippen molar-refractivity contribution in [2.24, 2.45) is 5.73 Å². The molecule has 0 spiro atoms. The molecule has 0 saturated heterocycles. The number of rotatable bonds is 3. The highest BCUT2D eigenvalue weighted by Gasteiger charge is 2.15. The molecule has 17 heavy (non-hydrogen) atoms. The second kappa shape index (κ2) is 4.63. The molecule has 0 aliphatic carbocycles. The zero-order valence-electron chi connectivity index (χ0n) is 10.3. The van der Waals surface area contributed by atoms with E-state index in [9.17, 15) is 0 Å². The van der Waals surface area contributed by atoms with Crippen LogP contribution in [0.25, 0.3) is 11.5 Å². The summed E-state index contributed by atoms with van der Waals surface area (Å²) in [5, 5.41) is 3.92. The summed E-state index contributed by atoms with van der Waals surface area (Å²) >= 11 is 0. The molecule has 2 N–H and O–H groups in total. The first-order valence-corrected chi connectivity index (χ1v) is 5.64. The van der Waals surface area contributed by atoms with Crippen LogP contribution in [0, 0.1) is 13.8 Å². The summed E-state index contributed by atoms with van der Waals surface area (Å²) in [5.41, 5.74) is 8.72. The molecule has 2 aromatic rings. The van der Waals surface area contributed by atoms with Crippen molar-refractivity contribution in [2.45, 2.75) is 33.2 Å². The van der Waals surface area contributed by atoms with Gasteiger partial charge in [-0.05, 0) is 31.4 Å². The maximum atomic E-state index is 5.83. The van der Waals surface area contributed by atoms with Gasteiger partial charge in [-0.25, -0.2) is 0 Å². The predicted octanol–water partition coefficient (Wildman–Crippen LogP) is 2.16. The standard InChI is InChI=1S/C12H16N4O/c1-4-9(13)12-15-11(16-17-12)10-8(3)5-7(2)6-14-10/h5-6,9H,4,13H2,1-3H3. The smallest absolute Gasteiger partial charge is 0.243 e. The summed E-state index contributed by atoms with van der Waals surface area (Å²) in [4.78, 5) is 8.60. The summed E-state index contributed by atoms with van der Waals surface area (Å²) in [7, 11) is 0. The second-order valence-electron chi connectivity index (χ2n) is 4.15. The molecule has 1 atom stereocenters. The van der Waals surface area contributed by atoms with Crippen molar-refractivity contribution in [3.8, 4) is 11.5 Å². The van der Waals surface area contributed by atoms with Crippen LogP contribution in [-0.4, -0.2) is 15.1 Å². The monoisotopic (exact) mass is 232 g/mol. The third kappa shape index (κ3) is 2.34. The molecule has 5 nitrogen and oxygen atoms in total. The largest absolute Gasteiger partial charge is 0.337 e. The van der Waals surface area contributed by atoms with E-state index < -0.39 is 0 Å². The van der Waals surface area contributed by atoms with Gasteiger partial charge in [0.25, 0.3) is 0 Å². The van der Waals surface area contributed by atoms with Crippen LogP contribution in [-0.2, 0) is 0 Å². The molecule has 0 aliphatic heterocycles. The summed E-state index contributed by atoms with van der Waals surface area (Å²) in [6, 6.07) is 1.83. The minimum Gasteiger partial charge on any atom is -0.337 e. The van der Waals surface area contributed by atoms with Gasteiger partial charge in [-0.2, -0.15) is 4.98 Å². The average molecular weight is 232 g/mol. The van der Waals surface area contributed by atoms with Gasteiger partial charge in [0.05, 0.1) is 6.04 Å². The van der Waals surface area contributed by atoms with Crippen LogP contribution >= 0.6 is 0 Å². The minimum absolute atomic E-state index is 0.206. The van der Waals surface area contributed by atoms with Crippen LogP contribution in [0.15, 0.2) is 16.8 Å². The highest BCUT2D eigenvalue weighted by Crippen LogP contribution is 2.20. The first-order chi connectivity index (χ1) is 8.11. The highest BCUT2D eigenvalue weighted by molar-refractivity contribution is 5.54. The van der Waals surface area contributed by atoms with E-state index in [1.807, 2.05) is 26.8 Å². The highest BCUT2D eigenvalue weighted by atomic mass is 16.5. The van der Waals surface area contributed by atoms with Crippen molar-refractivity contribution < 1.29 is 4.52 Å². The molecule has 5 heteroatoms. The number of aryl methyl sites for hydroxylation is 2. The first kappa shape index (κ1) is 11.7. The Morgan fingerprint density at radius 2 is 2.18 bits per heavy atom. The Morgan fingerprint density at radius 3 is 2.82 bits per heavy atom. The third-order valence-electron chi connectivity index (χ3n) is 2.63.